The topological polar surface area (TPSA) is 50.2 Å². The molecule has 1 aromatic rings. The Balaban J connectivity index is 2.86. The number of rotatable bonds is 5. The molecule has 0 aliphatic heterocycles. The van der Waals surface area contributed by atoms with Crippen LogP contribution in [0.3, 0.4) is 0 Å². The predicted octanol–water partition coefficient (Wildman–Crippen LogP) is 3.17. The maximum Gasteiger partial charge on any atom is 0.339 e. The lowest BCUT2D eigenvalue weighted by Crippen LogP contribution is -2.05. The molecule has 82 valence electrons. The number of unbranched alkanes of at least 4 members (excludes halogenated alkanes) is 2. The molecule has 0 fully saturated rings. The zero-order chi connectivity index (χ0) is 11.3. The molecule has 1 aromatic heterocycles. The van der Waals surface area contributed by atoms with E-state index in [1.165, 1.54) is 0 Å². The highest BCUT2D eigenvalue weighted by atomic mass is 35.5. The van der Waals surface area contributed by atoms with Crippen molar-refractivity contribution in [2.24, 2.45) is 0 Å². The minimum Gasteiger partial charge on any atom is -0.478 e. The molecule has 0 atom stereocenters. The fourth-order valence-corrected chi connectivity index (χ4v) is 1.73. The summed E-state index contributed by atoms with van der Waals surface area (Å²) < 4.78 is 0. The average molecular weight is 228 g/mol. The minimum absolute atomic E-state index is 0.0801. The van der Waals surface area contributed by atoms with Crippen LogP contribution in [0.25, 0.3) is 0 Å². The van der Waals surface area contributed by atoms with Gasteiger partial charge in [0.2, 0.25) is 0 Å². The van der Waals surface area contributed by atoms with Crippen LogP contribution in [-0.4, -0.2) is 16.1 Å². The van der Waals surface area contributed by atoms with Gasteiger partial charge in [0.1, 0.15) is 5.15 Å². The summed E-state index contributed by atoms with van der Waals surface area (Å²) in [7, 11) is 0. The zero-order valence-electron chi connectivity index (χ0n) is 8.66. The van der Waals surface area contributed by atoms with Crippen molar-refractivity contribution in [3.8, 4) is 0 Å². The number of halogens is 1. The van der Waals surface area contributed by atoms with Crippen LogP contribution in [0.5, 0.6) is 0 Å². The highest BCUT2D eigenvalue weighted by Crippen LogP contribution is 2.19. The van der Waals surface area contributed by atoms with Gasteiger partial charge in [0.15, 0.2) is 0 Å². The number of carboxylic acid groups (broad SMARTS) is 1. The maximum absolute atomic E-state index is 11.0. The van der Waals surface area contributed by atoms with Crippen LogP contribution in [-0.2, 0) is 6.42 Å². The fourth-order valence-electron chi connectivity index (χ4n) is 1.47. The molecular formula is C11H14ClNO2. The Bertz CT molecular complexity index is 352. The van der Waals surface area contributed by atoms with E-state index in [2.05, 4.69) is 11.9 Å². The van der Waals surface area contributed by atoms with Gasteiger partial charge in [0, 0.05) is 6.20 Å². The zero-order valence-corrected chi connectivity index (χ0v) is 9.42. The maximum atomic E-state index is 11.0. The van der Waals surface area contributed by atoms with Crippen LogP contribution in [0.1, 0.15) is 42.1 Å². The monoisotopic (exact) mass is 227 g/mol. The summed E-state index contributed by atoms with van der Waals surface area (Å²) >= 11 is 5.75. The van der Waals surface area contributed by atoms with Crippen molar-refractivity contribution in [1.82, 2.24) is 4.98 Å². The van der Waals surface area contributed by atoms with Gasteiger partial charge in [-0.25, -0.2) is 9.78 Å². The van der Waals surface area contributed by atoms with Gasteiger partial charge in [0.05, 0.1) is 5.56 Å². The molecule has 1 heterocycles. The van der Waals surface area contributed by atoms with Crippen molar-refractivity contribution < 1.29 is 9.90 Å². The van der Waals surface area contributed by atoms with Gasteiger partial charge < -0.3 is 5.11 Å². The first kappa shape index (κ1) is 12.0. The van der Waals surface area contributed by atoms with Gasteiger partial charge in [-0.3, -0.25) is 0 Å². The summed E-state index contributed by atoms with van der Waals surface area (Å²) in [5.74, 6) is -1.00. The summed E-state index contributed by atoms with van der Waals surface area (Å²) in [5, 5.41) is 9.06. The normalized spacial score (nSPS) is 10.3. The van der Waals surface area contributed by atoms with Crippen molar-refractivity contribution in [3.63, 3.8) is 0 Å². The first-order chi connectivity index (χ1) is 7.16. The smallest absolute Gasteiger partial charge is 0.339 e. The summed E-state index contributed by atoms with van der Waals surface area (Å²) in [6.45, 7) is 2.11. The van der Waals surface area contributed by atoms with Crippen LogP contribution in [0, 0.1) is 0 Å². The average Bonchev–Trinajstić information content (AvgIpc) is 2.17. The van der Waals surface area contributed by atoms with Crippen LogP contribution in [0.4, 0.5) is 0 Å². The third-order valence-electron chi connectivity index (χ3n) is 2.25. The second-order valence-electron chi connectivity index (χ2n) is 3.40. The third kappa shape index (κ3) is 3.20. The molecule has 4 heteroatoms. The van der Waals surface area contributed by atoms with E-state index in [-0.39, 0.29) is 10.7 Å². The van der Waals surface area contributed by atoms with E-state index in [4.69, 9.17) is 16.7 Å². The number of pyridine rings is 1. The molecule has 15 heavy (non-hydrogen) atoms. The Labute approximate surface area is 94.1 Å². The Kier molecular flexibility index (Phi) is 4.56. The highest BCUT2D eigenvalue weighted by Gasteiger charge is 2.14. The Morgan fingerprint density at radius 2 is 2.27 bits per heavy atom. The van der Waals surface area contributed by atoms with Crippen molar-refractivity contribution in [1.29, 1.82) is 0 Å². The van der Waals surface area contributed by atoms with E-state index >= 15 is 0 Å². The molecule has 0 saturated carbocycles. The number of aromatic carboxylic acids is 1. The first-order valence-corrected chi connectivity index (χ1v) is 5.41. The molecule has 0 bridgehead atoms. The first-order valence-electron chi connectivity index (χ1n) is 5.03. The van der Waals surface area contributed by atoms with Crippen molar-refractivity contribution >= 4 is 17.6 Å². The number of hydrogen-bond acceptors (Lipinski definition) is 2. The third-order valence-corrected chi connectivity index (χ3v) is 2.54. The van der Waals surface area contributed by atoms with Gasteiger partial charge in [-0.1, -0.05) is 31.4 Å². The lowest BCUT2D eigenvalue weighted by molar-refractivity contribution is 0.0695. The van der Waals surface area contributed by atoms with Crippen LogP contribution in [0.15, 0.2) is 12.3 Å². The largest absolute Gasteiger partial charge is 0.478 e. The molecule has 0 amide bonds. The number of carboxylic acids is 1. The number of nitrogens with zero attached hydrogens (tertiary/aromatic N) is 1. The molecular weight excluding hydrogens is 214 g/mol. The molecule has 1 rings (SSSR count). The number of hydrogen-bond donors (Lipinski definition) is 1. The summed E-state index contributed by atoms with van der Waals surface area (Å²) in [6.07, 6.45) is 5.49. The molecule has 0 aromatic carbocycles. The molecule has 0 aliphatic rings. The van der Waals surface area contributed by atoms with Crippen molar-refractivity contribution in [3.05, 3.63) is 28.5 Å². The Morgan fingerprint density at radius 3 is 2.87 bits per heavy atom. The van der Waals surface area contributed by atoms with E-state index in [0.717, 1.165) is 31.2 Å². The Hall–Kier alpha value is -1.09. The minimum atomic E-state index is -1.00. The van der Waals surface area contributed by atoms with Crippen molar-refractivity contribution in [2.45, 2.75) is 32.6 Å². The highest BCUT2D eigenvalue weighted by molar-refractivity contribution is 6.32. The number of carbonyl (C=O) groups is 1. The molecule has 0 unspecified atom stereocenters. The fraction of sp³-hybridized carbons (Fsp3) is 0.455. The van der Waals surface area contributed by atoms with Gasteiger partial charge in [0.25, 0.3) is 0 Å². The molecule has 0 spiro atoms. The molecule has 0 aliphatic carbocycles. The summed E-state index contributed by atoms with van der Waals surface area (Å²) in [5.41, 5.74) is 0.922. The quantitative estimate of drug-likeness (QED) is 0.621. The van der Waals surface area contributed by atoms with Gasteiger partial charge in [-0.2, -0.15) is 0 Å². The number of aryl methyl sites for hydroxylation is 1. The SMILES string of the molecule is CCCCCc1ccnc(Cl)c1C(=O)O. The molecule has 1 N–H and O–H groups in total. The van der Waals surface area contributed by atoms with E-state index < -0.39 is 5.97 Å². The molecule has 0 radical (unpaired) electrons. The summed E-state index contributed by atoms with van der Waals surface area (Å²) in [6, 6.07) is 1.73. The van der Waals surface area contributed by atoms with E-state index in [9.17, 15) is 4.79 Å². The molecule has 0 saturated heterocycles. The van der Waals surface area contributed by atoms with E-state index in [1.807, 2.05) is 0 Å². The second-order valence-corrected chi connectivity index (χ2v) is 3.76. The standard InChI is InChI=1S/C11H14ClNO2/c1-2-3-4-5-8-6-7-13-10(12)9(8)11(14)15/h6-7H,2-5H2,1H3,(H,14,15). The van der Waals surface area contributed by atoms with E-state index in [1.54, 1.807) is 12.3 Å². The van der Waals surface area contributed by atoms with Crippen LogP contribution in [0.2, 0.25) is 5.15 Å². The van der Waals surface area contributed by atoms with Gasteiger partial charge >= 0.3 is 5.97 Å². The second kappa shape index (κ2) is 5.71. The van der Waals surface area contributed by atoms with Gasteiger partial charge in [-0.15, -0.1) is 0 Å². The molecule has 3 nitrogen and oxygen atoms in total. The number of aromatic nitrogens is 1. The van der Waals surface area contributed by atoms with Crippen LogP contribution < -0.4 is 0 Å². The van der Waals surface area contributed by atoms with Gasteiger partial charge in [-0.05, 0) is 24.5 Å². The summed E-state index contributed by atoms with van der Waals surface area (Å²) in [4.78, 5) is 14.7. The Morgan fingerprint density at radius 1 is 1.53 bits per heavy atom. The van der Waals surface area contributed by atoms with E-state index in [0.29, 0.717) is 0 Å². The lowest BCUT2D eigenvalue weighted by Gasteiger charge is -2.06. The van der Waals surface area contributed by atoms with Crippen molar-refractivity contribution in [2.75, 3.05) is 0 Å². The predicted molar refractivity (Wildman–Crippen MR) is 59.4 cm³/mol. The van der Waals surface area contributed by atoms with Crippen LogP contribution >= 0.6 is 11.6 Å². The lowest BCUT2D eigenvalue weighted by atomic mass is 10.0.